The third-order valence-electron chi connectivity index (χ3n) is 9.09. The van der Waals surface area contributed by atoms with Gasteiger partial charge in [0.05, 0.1) is 0 Å². The Kier molecular flexibility index (Phi) is 11.3. The van der Waals surface area contributed by atoms with Crippen molar-refractivity contribution in [2.24, 2.45) is 0 Å². The smallest absolute Gasteiger partial charge is 0.418 e. The Morgan fingerprint density at radius 3 is 0.654 bits per heavy atom. The van der Waals surface area contributed by atoms with Crippen molar-refractivity contribution in [2.45, 2.75) is 83.1 Å². The Morgan fingerprint density at radius 2 is 0.500 bits per heavy atom. The second-order valence-corrected chi connectivity index (χ2v) is 16.6. The van der Waals surface area contributed by atoms with E-state index >= 15 is 0 Å². The predicted octanol–water partition coefficient (Wildman–Crippen LogP) is 11.7. The minimum Gasteiger partial charge on any atom is -0.418 e. The average molecular weight is 893 g/mol. The first-order valence-corrected chi connectivity index (χ1v) is 19.4. The van der Waals surface area contributed by atoms with Crippen LogP contribution in [0.1, 0.15) is 66.8 Å². The van der Waals surface area contributed by atoms with Crippen molar-refractivity contribution < 1.29 is 36.1 Å². The zero-order valence-corrected chi connectivity index (χ0v) is 34.3. The number of rotatable bonds is 4. The molecule has 0 radical (unpaired) electrons. The van der Waals surface area contributed by atoms with Gasteiger partial charge in [0.15, 0.2) is 0 Å². The van der Waals surface area contributed by atoms with Crippen LogP contribution in [-0.2, 0) is 18.8 Å². The first-order chi connectivity index (χ1) is 24.2. The van der Waals surface area contributed by atoms with Crippen LogP contribution in [0.3, 0.4) is 0 Å². The molecule has 0 atom stereocenters. The fourth-order valence-electron chi connectivity index (χ4n) is 7.77. The van der Waals surface area contributed by atoms with E-state index in [1.165, 1.54) is 96.8 Å². The average Bonchev–Trinajstić information content (AvgIpc) is 3.55. The van der Waals surface area contributed by atoms with Gasteiger partial charge in [-0.25, -0.2) is 0 Å². The molecule has 0 amide bonds. The van der Waals surface area contributed by atoms with E-state index in [4.69, 9.17) is 0 Å². The van der Waals surface area contributed by atoms with E-state index < -0.39 is 26.1 Å². The molecule has 0 saturated carbocycles. The Bertz CT molecular complexity index is 2070. The summed E-state index contributed by atoms with van der Waals surface area (Å²) in [6.07, 6.45) is 9.16. The van der Waals surface area contributed by atoms with E-state index in [0.717, 1.165) is 0 Å². The Balaban J connectivity index is 0.000000979. The van der Waals surface area contributed by atoms with E-state index in [0.29, 0.717) is 0 Å². The molecule has 52 heavy (non-hydrogen) atoms. The van der Waals surface area contributed by atoms with Crippen LogP contribution in [0.15, 0.2) is 73.3 Å². The second-order valence-electron chi connectivity index (χ2n) is 14.1. The van der Waals surface area contributed by atoms with Crippen molar-refractivity contribution in [1.29, 1.82) is 0 Å². The Hall–Kier alpha value is -4.17. The molecule has 6 rings (SSSR count). The summed E-state index contributed by atoms with van der Waals surface area (Å²) in [5.74, 6) is 0. The largest absolute Gasteiger partial charge is 0.673 e. The molecule has 0 bridgehead atoms. The summed E-state index contributed by atoms with van der Waals surface area (Å²) in [6, 6.07) is 18.5. The van der Waals surface area contributed by atoms with Gasteiger partial charge in [-0.05, 0) is 0 Å². The number of benzene rings is 4. The van der Waals surface area contributed by atoms with Crippen molar-refractivity contribution in [3.63, 3.8) is 0 Å². The standard InChI is InChI=1S/2C21H24N2.Au.BF4/c2*1-14-9-16(3)20(17(4)10-14)22-7-8-23(13-22)21-18(5)11-15(2)12-19(21)6;;2-1(3,4)5/h2*7-12H,1-6H3;;/q;;;-1. The van der Waals surface area contributed by atoms with Crippen LogP contribution < -0.4 is 0 Å². The van der Waals surface area contributed by atoms with Crippen LogP contribution in [0.4, 0.5) is 17.3 Å². The molecular weight excluding hydrogens is 844 g/mol. The maximum Gasteiger partial charge on any atom is 0.673 e. The van der Waals surface area contributed by atoms with E-state index in [1.807, 2.05) is 0 Å². The van der Waals surface area contributed by atoms with Crippen molar-refractivity contribution in [2.75, 3.05) is 0 Å². The molecule has 2 heterocycles. The third-order valence-corrected chi connectivity index (χ3v) is 12.1. The van der Waals surface area contributed by atoms with Gasteiger partial charge in [-0.15, -0.1) is 0 Å². The Labute approximate surface area is 313 Å². The van der Waals surface area contributed by atoms with Gasteiger partial charge in [-0.3, -0.25) is 0 Å². The van der Waals surface area contributed by atoms with Crippen molar-refractivity contribution in [3.8, 4) is 22.7 Å². The number of aryl methyl sites for hydroxylation is 12. The van der Waals surface area contributed by atoms with E-state index in [2.05, 4.69) is 175 Å². The van der Waals surface area contributed by atoms with Crippen molar-refractivity contribution in [1.82, 2.24) is 18.3 Å². The molecule has 0 fully saturated rings. The van der Waals surface area contributed by atoms with Crippen LogP contribution >= 0.6 is 0 Å². The number of halogens is 4. The zero-order valence-electron chi connectivity index (χ0n) is 32.1. The molecule has 4 nitrogen and oxygen atoms in total. The van der Waals surface area contributed by atoms with Crippen molar-refractivity contribution in [3.05, 3.63) is 147 Å². The van der Waals surface area contributed by atoms with Gasteiger partial charge in [0.25, 0.3) is 0 Å². The van der Waals surface area contributed by atoms with Crippen molar-refractivity contribution >= 4 is 7.25 Å². The second kappa shape index (κ2) is 15.1. The third kappa shape index (κ3) is 8.22. The molecule has 4 aromatic carbocycles. The van der Waals surface area contributed by atoms with Gasteiger partial charge in [0, 0.05) is 0 Å². The molecule has 6 aromatic rings. The maximum atomic E-state index is 9.75. The van der Waals surface area contributed by atoms with Crippen LogP contribution in [0.25, 0.3) is 22.7 Å². The minimum absolute atomic E-state index is 0.597. The van der Waals surface area contributed by atoms with Gasteiger partial charge in [-0.2, -0.15) is 0 Å². The summed E-state index contributed by atoms with van der Waals surface area (Å²) in [4.78, 5) is 0. The molecule has 0 saturated heterocycles. The molecule has 0 aliphatic rings. The first kappa shape index (κ1) is 39.0. The van der Waals surface area contributed by atoms with Gasteiger partial charge < -0.3 is 17.3 Å². The van der Waals surface area contributed by atoms with E-state index in [9.17, 15) is 17.3 Å². The maximum absolute atomic E-state index is 9.75. The summed E-state index contributed by atoms with van der Waals surface area (Å²) in [6.45, 7) is 26.8. The van der Waals surface area contributed by atoms with Gasteiger partial charge in [0.1, 0.15) is 0 Å². The Morgan fingerprint density at radius 1 is 0.346 bits per heavy atom. The van der Waals surface area contributed by atoms with Gasteiger partial charge in [-0.1, -0.05) is 0 Å². The zero-order chi connectivity index (χ0) is 38.4. The molecule has 2 aromatic heterocycles. The summed E-state index contributed by atoms with van der Waals surface area (Å²) in [7, 11) is -6.00. The summed E-state index contributed by atoms with van der Waals surface area (Å²) in [5.41, 5.74) is 20.7. The fraction of sp³-hybridized carbons (Fsp3) is 0.286. The van der Waals surface area contributed by atoms with Crippen LogP contribution in [-0.4, -0.2) is 25.5 Å². The number of imidazole rings is 2. The topological polar surface area (TPSA) is 19.7 Å². The summed E-state index contributed by atoms with van der Waals surface area (Å²) >= 11 is -0.597. The number of hydrogen-bond donors (Lipinski definition) is 0. The minimum atomic E-state index is -6.00. The fourth-order valence-corrected chi connectivity index (χ4v) is 10.9. The first-order valence-electron chi connectivity index (χ1n) is 17.3. The van der Waals surface area contributed by atoms with Crippen LogP contribution in [0.5, 0.6) is 0 Å². The molecule has 10 heteroatoms. The van der Waals surface area contributed by atoms with Crippen LogP contribution in [0.2, 0.25) is 0 Å². The molecular formula is C42H48AuBF4N4-. The SMILES string of the molecule is Cc1cc(C)c(-n2ccn(-c3c(C)cc(C)cc3C)[c]2=[Au]=[c]2n(-c3c(C)cc(C)cc3C)ccn2-c2c(C)cc(C)cc2C)c(C)c1.F[B-](F)(F)F. The number of nitrogens with zero attached hydrogens (tertiary/aromatic N) is 4. The number of aromatic nitrogens is 4. The van der Waals surface area contributed by atoms with Crippen LogP contribution in [0, 0.1) is 90.3 Å². The molecule has 0 aliphatic carbocycles. The monoisotopic (exact) mass is 892 g/mol. The van der Waals surface area contributed by atoms with Gasteiger partial charge in [0.2, 0.25) is 0 Å². The quantitative estimate of drug-likeness (QED) is 0.124. The molecule has 0 aliphatic heterocycles. The molecule has 0 spiro atoms. The predicted molar refractivity (Wildman–Crippen MR) is 204 cm³/mol. The van der Waals surface area contributed by atoms with E-state index in [1.54, 1.807) is 0 Å². The molecule has 279 valence electrons. The normalized spacial score (nSPS) is 11.6. The summed E-state index contributed by atoms with van der Waals surface area (Å²) in [5, 5.41) is 0. The molecule has 0 unspecified atom stereocenters. The van der Waals surface area contributed by atoms with E-state index in [-0.39, 0.29) is 0 Å². The number of hydrogen-bond acceptors (Lipinski definition) is 0. The van der Waals surface area contributed by atoms with Gasteiger partial charge >= 0.3 is 298 Å². The molecule has 0 N–H and O–H groups in total. The summed E-state index contributed by atoms with van der Waals surface area (Å²) < 4.78 is 51.6.